The fourth-order valence-electron chi connectivity index (χ4n) is 2.66. The molecule has 0 unspecified atom stereocenters. The molecule has 0 atom stereocenters. The second-order valence-corrected chi connectivity index (χ2v) is 6.61. The molecule has 0 saturated carbocycles. The molecular weight excluding hydrogens is 296 g/mol. The quantitative estimate of drug-likeness (QED) is 0.141. The topological polar surface area (TPSA) is 18.5 Å². The minimum Gasteiger partial charge on any atom is -0.352 e. The average molecular weight is 339 g/mol. The number of ether oxygens (including phenoxy) is 2. The van der Waals surface area contributed by atoms with E-state index in [0.29, 0.717) is 0 Å². The van der Waals surface area contributed by atoms with Crippen LogP contribution in [0.2, 0.25) is 0 Å². The van der Waals surface area contributed by atoms with Gasteiger partial charge in [0, 0.05) is 19.6 Å². The summed E-state index contributed by atoms with van der Waals surface area (Å²) in [6.07, 6.45) is 22.1. The van der Waals surface area contributed by atoms with Crippen LogP contribution in [0.1, 0.15) is 97.3 Å². The fraction of sp³-hybridized carbons (Fsp3) is 0.818. The van der Waals surface area contributed by atoms with Gasteiger partial charge in [-0.05, 0) is 12.8 Å². The van der Waals surface area contributed by atoms with E-state index in [-0.39, 0.29) is 6.29 Å². The van der Waals surface area contributed by atoms with E-state index in [0.717, 1.165) is 32.5 Å². The van der Waals surface area contributed by atoms with Crippen molar-refractivity contribution in [3.8, 4) is 0 Å². The summed E-state index contributed by atoms with van der Waals surface area (Å²) in [5, 5.41) is 0. The Balaban J connectivity index is 3.72. The van der Waals surface area contributed by atoms with Gasteiger partial charge in [0.25, 0.3) is 0 Å². The van der Waals surface area contributed by atoms with E-state index in [2.05, 4.69) is 26.5 Å². The number of hydrogen-bond donors (Lipinski definition) is 0. The van der Waals surface area contributed by atoms with E-state index < -0.39 is 0 Å². The van der Waals surface area contributed by atoms with Crippen LogP contribution in [-0.4, -0.2) is 19.5 Å². The Morgan fingerprint density at radius 3 is 1.62 bits per heavy atom. The van der Waals surface area contributed by atoms with Gasteiger partial charge in [-0.1, -0.05) is 103 Å². The monoisotopic (exact) mass is 338 g/mol. The third-order valence-electron chi connectivity index (χ3n) is 4.20. The van der Waals surface area contributed by atoms with Gasteiger partial charge < -0.3 is 9.47 Å². The summed E-state index contributed by atoms with van der Waals surface area (Å²) < 4.78 is 11.9. The van der Waals surface area contributed by atoms with Crippen LogP contribution in [-0.2, 0) is 9.47 Å². The van der Waals surface area contributed by atoms with Crippen molar-refractivity contribution in [3.63, 3.8) is 0 Å². The van der Waals surface area contributed by atoms with E-state index in [1.165, 1.54) is 64.2 Å². The van der Waals surface area contributed by atoms with Crippen LogP contribution in [0.5, 0.6) is 0 Å². The number of hydrogen-bond acceptors (Lipinski definition) is 2. The third kappa shape index (κ3) is 17.7. The first-order valence-corrected chi connectivity index (χ1v) is 10.4. The van der Waals surface area contributed by atoms with Crippen LogP contribution in [0.15, 0.2) is 24.8 Å². The highest BCUT2D eigenvalue weighted by molar-refractivity contribution is 4.97. The smallest absolute Gasteiger partial charge is 0.160 e. The lowest BCUT2D eigenvalue weighted by molar-refractivity contribution is -0.141. The fourth-order valence-corrected chi connectivity index (χ4v) is 2.66. The maximum atomic E-state index is 5.93. The molecule has 24 heavy (non-hydrogen) atoms. The minimum atomic E-state index is -0.0903. The molecule has 0 spiro atoms. The van der Waals surface area contributed by atoms with E-state index in [1.54, 1.807) is 6.08 Å². The Morgan fingerprint density at radius 1 is 0.708 bits per heavy atom. The van der Waals surface area contributed by atoms with Gasteiger partial charge >= 0.3 is 0 Å². The van der Waals surface area contributed by atoms with Crippen molar-refractivity contribution >= 4 is 0 Å². The molecule has 0 aliphatic carbocycles. The lowest BCUT2D eigenvalue weighted by Crippen LogP contribution is -2.18. The van der Waals surface area contributed by atoms with Gasteiger partial charge in [-0.2, -0.15) is 0 Å². The van der Waals surface area contributed by atoms with E-state index in [9.17, 15) is 0 Å². The van der Waals surface area contributed by atoms with Crippen LogP contribution in [0, 0.1) is 0 Å². The zero-order valence-corrected chi connectivity index (χ0v) is 16.4. The van der Waals surface area contributed by atoms with E-state index in [1.807, 2.05) is 6.08 Å². The average Bonchev–Trinajstić information content (AvgIpc) is 2.59. The molecule has 0 rings (SSSR count). The molecule has 2 heteroatoms. The van der Waals surface area contributed by atoms with Crippen LogP contribution in [0.25, 0.3) is 0 Å². The van der Waals surface area contributed by atoms with Crippen LogP contribution >= 0.6 is 0 Å². The molecule has 0 saturated heterocycles. The maximum absolute atomic E-state index is 5.93. The van der Waals surface area contributed by atoms with Crippen LogP contribution in [0.4, 0.5) is 0 Å². The van der Waals surface area contributed by atoms with E-state index in [4.69, 9.17) is 9.47 Å². The molecule has 0 aromatic heterocycles. The normalized spacial score (nSPS) is 11.6. The van der Waals surface area contributed by atoms with Crippen molar-refractivity contribution < 1.29 is 9.47 Å². The first kappa shape index (κ1) is 23.4. The Labute approximate surface area is 151 Å². The number of rotatable bonds is 19. The van der Waals surface area contributed by atoms with Crippen molar-refractivity contribution in [1.29, 1.82) is 0 Å². The molecule has 0 aromatic rings. The highest BCUT2D eigenvalue weighted by Gasteiger charge is 2.07. The Bertz CT molecular complexity index is 255. The Hall–Kier alpha value is -0.600. The zero-order valence-electron chi connectivity index (χ0n) is 16.4. The summed E-state index contributed by atoms with van der Waals surface area (Å²) in [7, 11) is 0. The standard InChI is InChI=1S/C22H42O2/c1-4-7-10-12-14-17-20-23-22(19-16-9-6-3)24-21-18-15-13-11-8-5-2/h6,9,16,22H,3-5,7-8,10-15,17-21H2,1-2H3/b16-9+. The molecule has 0 aliphatic rings. The van der Waals surface area contributed by atoms with Crippen molar-refractivity contribution in [2.24, 2.45) is 0 Å². The largest absolute Gasteiger partial charge is 0.352 e. The van der Waals surface area contributed by atoms with Gasteiger partial charge in [-0.3, -0.25) is 0 Å². The van der Waals surface area contributed by atoms with E-state index >= 15 is 0 Å². The predicted octanol–water partition coefficient (Wildman–Crippen LogP) is 7.20. The summed E-state index contributed by atoms with van der Waals surface area (Å²) in [6.45, 7) is 9.85. The molecule has 0 heterocycles. The van der Waals surface area contributed by atoms with Gasteiger partial charge in [0.15, 0.2) is 6.29 Å². The highest BCUT2D eigenvalue weighted by Crippen LogP contribution is 2.10. The molecular formula is C22H42O2. The molecule has 0 bridgehead atoms. The first-order chi connectivity index (χ1) is 11.8. The van der Waals surface area contributed by atoms with Crippen LogP contribution < -0.4 is 0 Å². The third-order valence-corrected chi connectivity index (χ3v) is 4.20. The van der Waals surface area contributed by atoms with Crippen LogP contribution in [0.3, 0.4) is 0 Å². The van der Waals surface area contributed by atoms with Gasteiger partial charge in [0.05, 0.1) is 0 Å². The zero-order chi connectivity index (χ0) is 17.7. The molecule has 2 nitrogen and oxygen atoms in total. The van der Waals surface area contributed by atoms with Gasteiger partial charge in [-0.15, -0.1) is 0 Å². The summed E-state index contributed by atoms with van der Waals surface area (Å²) in [5.74, 6) is 0. The number of unbranched alkanes of at least 4 members (excludes halogenated alkanes) is 10. The van der Waals surface area contributed by atoms with Gasteiger partial charge in [-0.25, -0.2) is 0 Å². The summed E-state index contributed by atoms with van der Waals surface area (Å²) in [6, 6.07) is 0. The molecule has 0 amide bonds. The molecule has 0 N–H and O–H groups in total. The Kier molecular flexibility index (Phi) is 19.9. The lowest BCUT2D eigenvalue weighted by atomic mass is 10.1. The molecule has 0 aliphatic heterocycles. The van der Waals surface area contributed by atoms with Gasteiger partial charge in [0.2, 0.25) is 0 Å². The lowest BCUT2D eigenvalue weighted by Gasteiger charge is -2.17. The van der Waals surface area contributed by atoms with Crippen molar-refractivity contribution in [1.82, 2.24) is 0 Å². The predicted molar refractivity (Wildman–Crippen MR) is 106 cm³/mol. The minimum absolute atomic E-state index is 0.0903. The molecule has 0 radical (unpaired) electrons. The first-order valence-electron chi connectivity index (χ1n) is 10.4. The Morgan fingerprint density at radius 2 is 1.17 bits per heavy atom. The summed E-state index contributed by atoms with van der Waals surface area (Å²) >= 11 is 0. The molecule has 142 valence electrons. The van der Waals surface area contributed by atoms with Crippen molar-refractivity contribution in [3.05, 3.63) is 24.8 Å². The van der Waals surface area contributed by atoms with Crippen molar-refractivity contribution in [2.75, 3.05) is 13.2 Å². The van der Waals surface area contributed by atoms with Gasteiger partial charge in [0.1, 0.15) is 0 Å². The maximum Gasteiger partial charge on any atom is 0.160 e. The summed E-state index contributed by atoms with van der Waals surface area (Å²) in [5.41, 5.74) is 0. The highest BCUT2D eigenvalue weighted by atomic mass is 16.7. The second-order valence-electron chi connectivity index (χ2n) is 6.61. The molecule has 0 aromatic carbocycles. The van der Waals surface area contributed by atoms with Crippen molar-refractivity contribution in [2.45, 2.75) is 104 Å². The SMILES string of the molecule is C=C/C=C/CC(OCCCCCCCC)OCCCCCCCC. The second kappa shape index (κ2) is 20.4. The summed E-state index contributed by atoms with van der Waals surface area (Å²) in [4.78, 5) is 0. The number of allylic oxidation sites excluding steroid dienone is 2. The molecule has 0 fully saturated rings.